The first-order valence-corrected chi connectivity index (χ1v) is 7.02. The van der Waals surface area contributed by atoms with E-state index in [0.29, 0.717) is 0 Å². The lowest BCUT2D eigenvalue weighted by atomic mass is 9.99. The quantitative estimate of drug-likeness (QED) is 0.785. The lowest BCUT2D eigenvalue weighted by Crippen LogP contribution is -2.25. The molecule has 104 valence electrons. The van der Waals surface area contributed by atoms with E-state index in [1.165, 1.54) is 11.1 Å². The van der Waals surface area contributed by atoms with Crippen molar-refractivity contribution in [3.8, 4) is 11.8 Å². The van der Waals surface area contributed by atoms with Crippen LogP contribution in [0.15, 0.2) is 48.5 Å². The third-order valence-corrected chi connectivity index (χ3v) is 3.48. The molecular formula is C18H16N2O. The Balaban J connectivity index is 1.75. The second-order valence-electron chi connectivity index (χ2n) is 4.94. The molecule has 0 unspecified atom stereocenters. The largest absolute Gasteiger partial charge is 0.315 e. The van der Waals surface area contributed by atoms with E-state index >= 15 is 0 Å². The van der Waals surface area contributed by atoms with Crippen molar-refractivity contribution < 1.29 is 4.79 Å². The van der Waals surface area contributed by atoms with E-state index in [9.17, 15) is 4.79 Å². The molecule has 0 atom stereocenters. The van der Waals surface area contributed by atoms with Crippen molar-refractivity contribution in [2.24, 2.45) is 0 Å². The number of benzene rings is 2. The normalized spacial score (nSPS) is 12.8. The van der Waals surface area contributed by atoms with Gasteiger partial charge in [-0.25, -0.2) is 0 Å². The zero-order valence-corrected chi connectivity index (χ0v) is 11.6. The van der Waals surface area contributed by atoms with Crippen LogP contribution in [0.25, 0.3) is 0 Å². The van der Waals surface area contributed by atoms with Gasteiger partial charge in [0.1, 0.15) is 0 Å². The Morgan fingerprint density at radius 3 is 2.81 bits per heavy atom. The molecular weight excluding hydrogens is 260 g/mol. The number of anilines is 1. The summed E-state index contributed by atoms with van der Waals surface area (Å²) in [6, 6.07) is 15.5. The number of nitrogens with one attached hydrogen (secondary N) is 2. The van der Waals surface area contributed by atoms with Crippen LogP contribution in [0.3, 0.4) is 0 Å². The minimum absolute atomic E-state index is 0.272. The number of hydrogen-bond acceptors (Lipinski definition) is 2. The van der Waals surface area contributed by atoms with Crippen LogP contribution < -0.4 is 10.6 Å². The Labute approximate surface area is 124 Å². The maximum atomic E-state index is 12.0. The highest BCUT2D eigenvalue weighted by Gasteiger charge is 2.13. The monoisotopic (exact) mass is 276 g/mol. The maximum Gasteiger partial charge on any atom is 0.300 e. The summed E-state index contributed by atoms with van der Waals surface area (Å²) in [5, 5.41) is 6.23. The standard InChI is InChI=1S/C18H16N2O/c21-18(10-9-14-5-2-1-3-6-14)20-17-8-4-7-15-13-19-12-11-16(15)17/h1-8,19H,11-13H2,(H,20,21). The van der Waals surface area contributed by atoms with Gasteiger partial charge in [0.05, 0.1) is 0 Å². The molecule has 0 aromatic heterocycles. The summed E-state index contributed by atoms with van der Waals surface area (Å²) in [7, 11) is 0. The molecule has 0 saturated heterocycles. The van der Waals surface area contributed by atoms with Gasteiger partial charge >= 0.3 is 5.91 Å². The van der Waals surface area contributed by atoms with Crippen molar-refractivity contribution in [2.75, 3.05) is 11.9 Å². The zero-order chi connectivity index (χ0) is 14.5. The number of carbonyl (C=O) groups excluding carboxylic acids is 1. The van der Waals surface area contributed by atoms with E-state index < -0.39 is 0 Å². The minimum atomic E-state index is -0.272. The van der Waals surface area contributed by atoms with Gasteiger partial charge in [0, 0.05) is 23.7 Å². The molecule has 2 aromatic rings. The van der Waals surface area contributed by atoms with E-state index in [4.69, 9.17) is 0 Å². The minimum Gasteiger partial charge on any atom is -0.315 e. The third kappa shape index (κ3) is 3.31. The van der Waals surface area contributed by atoms with E-state index in [1.54, 1.807) is 0 Å². The van der Waals surface area contributed by atoms with Crippen LogP contribution in [0.4, 0.5) is 5.69 Å². The van der Waals surface area contributed by atoms with Crippen LogP contribution in [-0.4, -0.2) is 12.5 Å². The molecule has 0 aliphatic carbocycles. The van der Waals surface area contributed by atoms with Gasteiger partial charge in [-0.15, -0.1) is 0 Å². The lowest BCUT2D eigenvalue weighted by Gasteiger charge is -2.19. The third-order valence-electron chi connectivity index (χ3n) is 3.48. The molecule has 3 heteroatoms. The Morgan fingerprint density at radius 2 is 1.95 bits per heavy atom. The fraction of sp³-hybridized carbons (Fsp3) is 0.167. The van der Waals surface area contributed by atoms with Gasteiger partial charge in [0.25, 0.3) is 0 Å². The second kappa shape index (κ2) is 6.25. The van der Waals surface area contributed by atoms with Crippen LogP contribution in [-0.2, 0) is 17.8 Å². The number of carbonyl (C=O) groups is 1. The van der Waals surface area contributed by atoms with Crippen LogP contribution in [0, 0.1) is 11.8 Å². The summed E-state index contributed by atoms with van der Waals surface area (Å²) in [6.45, 7) is 1.80. The molecule has 1 aliphatic heterocycles. The van der Waals surface area contributed by atoms with E-state index in [1.807, 2.05) is 42.5 Å². The summed E-state index contributed by atoms with van der Waals surface area (Å²) in [5.41, 5.74) is 4.18. The fourth-order valence-corrected chi connectivity index (χ4v) is 2.45. The molecule has 0 fully saturated rings. The SMILES string of the molecule is O=C(C#Cc1ccccc1)Nc1cccc2c1CCNC2. The van der Waals surface area contributed by atoms with Gasteiger partial charge in [-0.05, 0) is 42.3 Å². The topological polar surface area (TPSA) is 41.1 Å². The van der Waals surface area contributed by atoms with Crippen LogP contribution in [0.5, 0.6) is 0 Å². The molecule has 21 heavy (non-hydrogen) atoms. The van der Waals surface area contributed by atoms with Crippen molar-refractivity contribution in [1.29, 1.82) is 0 Å². The molecule has 2 N–H and O–H groups in total. The molecule has 0 radical (unpaired) electrons. The molecule has 1 heterocycles. The highest BCUT2D eigenvalue weighted by Crippen LogP contribution is 2.22. The molecule has 0 spiro atoms. The Bertz CT molecular complexity index is 711. The van der Waals surface area contributed by atoms with Gasteiger partial charge in [-0.2, -0.15) is 0 Å². The van der Waals surface area contributed by atoms with Crippen molar-refractivity contribution in [1.82, 2.24) is 5.32 Å². The van der Waals surface area contributed by atoms with Crippen LogP contribution >= 0.6 is 0 Å². The average molecular weight is 276 g/mol. The van der Waals surface area contributed by atoms with Crippen molar-refractivity contribution in [2.45, 2.75) is 13.0 Å². The fourth-order valence-electron chi connectivity index (χ4n) is 2.45. The first-order chi connectivity index (χ1) is 10.3. The molecule has 2 aromatic carbocycles. The van der Waals surface area contributed by atoms with Gasteiger partial charge in [-0.3, -0.25) is 4.79 Å². The van der Waals surface area contributed by atoms with Gasteiger partial charge in [0.15, 0.2) is 0 Å². The van der Waals surface area contributed by atoms with Crippen molar-refractivity contribution in [3.05, 3.63) is 65.2 Å². The van der Waals surface area contributed by atoms with Gasteiger partial charge in [0.2, 0.25) is 0 Å². The summed E-state index contributed by atoms with van der Waals surface area (Å²) < 4.78 is 0. The molecule has 3 nitrogen and oxygen atoms in total. The number of rotatable bonds is 1. The highest BCUT2D eigenvalue weighted by atomic mass is 16.1. The smallest absolute Gasteiger partial charge is 0.300 e. The first kappa shape index (κ1) is 13.4. The number of fused-ring (bicyclic) bond motifs is 1. The Morgan fingerprint density at radius 1 is 1.10 bits per heavy atom. The lowest BCUT2D eigenvalue weighted by molar-refractivity contribution is -0.111. The molecule has 0 saturated carbocycles. The molecule has 0 bridgehead atoms. The summed E-state index contributed by atoms with van der Waals surface area (Å²) in [4.78, 5) is 12.0. The molecule has 1 amide bonds. The van der Waals surface area contributed by atoms with E-state index in [-0.39, 0.29) is 5.91 Å². The maximum absolute atomic E-state index is 12.0. The van der Waals surface area contributed by atoms with E-state index in [2.05, 4.69) is 28.5 Å². The van der Waals surface area contributed by atoms with Crippen molar-refractivity contribution in [3.63, 3.8) is 0 Å². The molecule has 1 aliphatic rings. The second-order valence-corrected chi connectivity index (χ2v) is 4.94. The van der Waals surface area contributed by atoms with Crippen LogP contribution in [0.2, 0.25) is 0 Å². The average Bonchev–Trinajstić information content (AvgIpc) is 2.54. The van der Waals surface area contributed by atoms with Crippen LogP contribution in [0.1, 0.15) is 16.7 Å². The van der Waals surface area contributed by atoms with Crippen molar-refractivity contribution >= 4 is 11.6 Å². The summed E-state index contributed by atoms with van der Waals surface area (Å²) in [5.74, 6) is 5.24. The van der Waals surface area contributed by atoms with Gasteiger partial charge in [-0.1, -0.05) is 36.3 Å². The predicted octanol–water partition coefficient (Wildman–Crippen LogP) is 2.32. The number of amides is 1. The molecule has 3 rings (SSSR count). The first-order valence-electron chi connectivity index (χ1n) is 7.02. The van der Waals surface area contributed by atoms with Gasteiger partial charge < -0.3 is 10.6 Å². The predicted molar refractivity (Wildman–Crippen MR) is 83.8 cm³/mol. The Kier molecular flexibility index (Phi) is 3.99. The number of hydrogen-bond donors (Lipinski definition) is 2. The highest BCUT2D eigenvalue weighted by molar-refractivity contribution is 6.04. The Hall–Kier alpha value is -2.57. The summed E-state index contributed by atoms with van der Waals surface area (Å²) >= 11 is 0. The summed E-state index contributed by atoms with van der Waals surface area (Å²) in [6.07, 6.45) is 0.928. The van der Waals surface area contributed by atoms with E-state index in [0.717, 1.165) is 30.8 Å². The zero-order valence-electron chi connectivity index (χ0n) is 11.6.